The van der Waals surface area contributed by atoms with Crippen molar-refractivity contribution >= 4 is 11.0 Å². The Balaban J connectivity index is 2.23. The van der Waals surface area contributed by atoms with Gasteiger partial charge in [-0.3, -0.25) is 10.7 Å². The van der Waals surface area contributed by atoms with Crippen molar-refractivity contribution in [2.45, 2.75) is 59.0 Å². The number of imidazole rings is 1. The Morgan fingerprint density at radius 3 is 2.81 bits per heavy atom. The Kier molecular flexibility index (Phi) is 8.38. The van der Waals surface area contributed by atoms with Crippen LogP contribution in [0.25, 0.3) is 11.0 Å². The molecule has 0 aliphatic heterocycles. The third-order valence-electron chi connectivity index (χ3n) is 4.26. The fraction of sp³-hybridized carbons (Fsp3) is 0.476. The standard InChI is InChI=1S/C21H32N4O/c1-4-5-6-7-10-21-24-19-16-18(9-8-13-23-26)11-12-20(19)25(21)15-14-22-17(2)3/h5-6,8,11-13,16-17,22-23,26H,4,7,9-10,14-15H2,1-3H3/b6-5?,13-8+. The fourth-order valence-electron chi connectivity index (χ4n) is 3.00. The molecule has 0 radical (unpaired) electrons. The molecule has 0 bridgehead atoms. The van der Waals surface area contributed by atoms with E-state index in [4.69, 9.17) is 10.2 Å². The van der Waals surface area contributed by atoms with E-state index in [-0.39, 0.29) is 0 Å². The molecule has 0 amide bonds. The second-order valence-electron chi connectivity index (χ2n) is 6.77. The van der Waals surface area contributed by atoms with E-state index in [0.717, 1.165) is 50.1 Å². The molecule has 5 heteroatoms. The molecule has 2 aromatic rings. The number of hydrogen-bond acceptors (Lipinski definition) is 4. The zero-order valence-corrected chi connectivity index (χ0v) is 16.2. The minimum Gasteiger partial charge on any atom is -0.327 e. The Morgan fingerprint density at radius 2 is 2.08 bits per heavy atom. The van der Waals surface area contributed by atoms with Gasteiger partial charge in [0.2, 0.25) is 0 Å². The number of aromatic nitrogens is 2. The van der Waals surface area contributed by atoms with Gasteiger partial charge in [-0.1, -0.05) is 45.1 Å². The van der Waals surface area contributed by atoms with Gasteiger partial charge in [-0.25, -0.2) is 4.98 Å². The zero-order chi connectivity index (χ0) is 18.8. The van der Waals surface area contributed by atoms with Crippen LogP contribution in [-0.4, -0.2) is 27.3 Å². The highest BCUT2D eigenvalue weighted by Gasteiger charge is 2.10. The van der Waals surface area contributed by atoms with Gasteiger partial charge in [0, 0.05) is 31.8 Å². The summed E-state index contributed by atoms with van der Waals surface area (Å²) in [6.45, 7) is 8.36. The number of hydroxylamine groups is 1. The van der Waals surface area contributed by atoms with Crippen LogP contribution in [-0.2, 0) is 19.4 Å². The average Bonchev–Trinajstić information content (AvgIpc) is 2.96. The normalized spacial score (nSPS) is 12.2. The van der Waals surface area contributed by atoms with E-state index in [0.29, 0.717) is 6.04 Å². The summed E-state index contributed by atoms with van der Waals surface area (Å²) in [4.78, 5) is 4.91. The van der Waals surface area contributed by atoms with Crippen molar-refractivity contribution in [1.29, 1.82) is 0 Å². The topological polar surface area (TPSA) is 62.1 Å². The van der Waals surface area contributed by atoms with Crippen LogP contribution < -0.4 is 10.8 Å². The van der Waals surface area contributed by atoms with Gasteiger partial charge >= 0.3 is 0 Å². The number of rotatable bonds is 11. The van der Waals surface area contributed by atoms with Crippen LogP contribution in [0.1, 0.15) is 45.0 Å². The molecule has 26 heavy (non-hydrogen) atoms. The van der Waals surface area contributed by atoms with Gasteiger partial charge in [-0.15, -0.1) is 0 Å². The predicted octanol–water partition coefficient (Wildman–Crippen LogP) is 3.97. The number of hydrogen-bond donors (Lipinski definition) is 3. The number of allylic oxidation sites excluding steroid dienone is 3. The molecule has 142 valence electrons. The maximum Gasteiger partial charge on any atom is 0.110 e. The van der Waals surface area contributed by atoms with E-state index in [9.17, 15) is 0 Å². The monoisotopic (exact) mass is 356 g/mol. The molecule has 5 nitrogen and oxygen atoms in total. The van der Waals surface area contributed by atoms with Crippen LogP contribution in [0.4, 0.5) is 0 Å². The lowest BCUT2D eigenvalue weighted by molar-refractivity contribution is 0.214. The highest BCUT2D eigenvalue weighted by Crippen LogP contribution is 2.20. The number of aryl methyl sites for hydroxylation is 1. The van der Waals surface area contributed by atoms with E-state index in [2.05, 4.69) is 61.0 Å². The van der Waals surface area contributed by atoms with E-state index in [1.165, 1.54) is 17.3 Å². The largest absolute Gasteiger partial charge is 0.327 e. The third kappa shape index (κ3) is 6.00. The van der Waals surface area contributed by atoms with E-state index >= 15 is 0 Å². The lowest BCUT2D eigenvalue weighted by Gasteiger charge is -2.12. The van der Waals surface area contributed by atoms with E-state index in [1.807, 2.05) is 11.6 Å². The molecule has 0 fully saturated rings. The first-order chi connectivity index (χ1) is 12.7. The Bertz CT molecular complexity index is 731. The van der Waals surface area contributed by atoms with Crippen LogP contribution in [0.5, 0.6) is 0 Å². The van der Waals surface area contributed by atoms with Crippen LogP contribution in [0, 0.1) is 0 Å². The van der Waals surface area contributed by atoms with Gasteiger partial charge in [-0.05, 0) is 37.0 Å². The second-order valence-corrected chi connectivity index (χ2v) is 6.77. The van der Waals surface area contributed by atoms with Crippen molar-refractivity contribution in [3.8, 4) is 0 Å². The fourth-order valence-corrected chi connectivity index (χ4v) is 3.00. The highest BCUT2D eigenvalue weighted by molar-refractivity contribution is 5.77. The highest BCUT2D eigenvalue weighted by atomic mass is 16.5. The minimum absolute atomic E-state index is 0.485. The Hall–Kier alpha value is -2.11. The molecule has 0 aliphatic carbocycles. The van der Waals surface area contributed by atoms with Crippen molar-refractivity contribution < 1.29 is 5.21 Å². The lowest BCUT2D eigenvalue weighted by atomic mass is 10.1. The minimum atomic E-state index is 0.485. The predicted molar refractivity (Wildman–Crippen MR) is 108 cm³/mol. The van der Waals surface area contributed by atoms with Gasteiger partial charge in [0.15, 0.2) is 0 Å². The molecule has 0 saturated carbocycles. The summed E-state index contributed by atoms with van der Waals surface area (Å²) >= 11 is 0. The SMILES string of the molecule is CCC=CCCc1nc2cc(C/C=C/NO)ccc2n1CCNC(C)C. The first-order valence-electron chi connectivity index (χ1n) is 9.56. The molecule has 3 N–H and O–H groups in total. The lowest BCUT2D eigenvalue weighted by Crippen LogP contribution is -2.27. The van der Waals surface area contributed by atoms with Crippen molar-refractivity contribution in [1.82, 2.24) is 20.3 Å². The number of nitrogens with one attached hydrogen (secondary N) is 2. The maximum absolute atomic E-state index is 8.63. The van der Waals surface area contributed by atoms with Crippen molar-refractivity contribution in [3.05, 3.63) is 54.0 Å². The zero-order valence-electron chi connectivity index (χ0n) is 16.2. The van der Waals surface area contributed by atoms with Crippen molar-refractivity contribution in [2.24, 2.45) is 0 Å². The summed E-state index contributed by atoms with van der Waals surface area (Å²) in [5, 5.41) is 12.1. The number of benzene rings is 1. The summed E-state index contributed by atoms with van der Waals surface area (Å²) in [6, 6.07) is 6.94. The summed E-state index contributed by atoms with van der Waals surface area (Å²) in [6.07, 6.45) is 11.7. The van der Waals surface area contributed by atoms with Crippen LogP contribution in [0.2, 0.25) is 0 Å². The Labute approximate surface area is 156 Å². The number of nitrogens with zero attached hydrogens (tertiary/aromatic N) is 2. The van der Waals surface area contributed by atoms with Gasteiger partial charge in [-0.2, -0.15) is 0 Å². The second kappa shape index (κ2) is 10.8. The molecule has 1 aromatic heterocycles. The van der Waals surface area contributed by atoms with Crippen LogP contribution >= 0.6 is 0 Å². The summed E-state index contributed by atoms with van der Waals surface area (Å²) in [5.74, 6) is 1.15. The summed E-state index contributed by atoms with van der Waals surface area (Å²) in [7, 11) is 0. The van der Waals surface area contributed by atoms with Crippen LogP contribution in [0.15, 0.2) is 42.6 Å². The molecule has 0 spiro atoms. The Morgan fingerprint density at radius 1 is 1.23 bits per heavy atom. The molecular weight excluding hydrogens is 324 g/mol. The van der Waals surface area contributed by atoms with Gasteiger partial charge < -0.3 is 9.88 Å². The quantitative estimate of drug-likeness (QED) is 0.421. The summed E-state index contributed by atoms with van der Waals surface area (Å²) in [5.41, 5.74) is 5.47. The van der Waals surface area contributed by atoms with Gasteiger partial charge in [0.1, 0.15) is 5.82 Å². The molecule has 0 unspecified atom stereocenters. The molecule has 0 aliphatic rings. The van der Waals surface area contributed by atoms with Gasteiger partial charge in [0.25, 0.3) is 0 Å². The first-order valence-corrected chi connectivity index (χ1v) is 9.56. The summed E-state index contributed by atoms with van der Waals surface area (Å²) < 4.78 is 2.35. The maximum atomic E-state index is 8.63. The third-order valence-corrected chi connectivity index (χ3v) is 4.26. The van der Waals surface area contributed by atoms with E-state index in [1.54, 1.807) is 0 Å². The molecular formula is C21H32N4O. The molecule has 0 atom stereocenters. The van der Waals surface area contributed by atoms with Gasteiger partial charge in [0.05, 0.1) is 11.0 Å². The van der Waals surface area contributed by atoms with Crippen molar-refractivity contribution in [3.63, 3.8) is 0 Å². The molecule has 1 heterocycles. The van der Waals surface area contributed by atoms with Crippen LogP contribution in [0.3, 0.4) is 0 Å². The first kappa shape index (κ1) is 20.2. The molecule has 2 rings (SSSR count). The average molecular weight is 357 g/mol. The number of fused-ring (bicyclic) bond motifs is 1. The molecule has 0 saturated heterocycles. The van der Waals surface area contributed by atoms with Crippen molar-refractivity contribution in [2.75, 3.05) is 6.54 Å². The van der Waals surface area contributed by atoms with E-state index < -0.39 is 0 Å². The molecule has 1 aromatic carbocycles. The smallest absolute Gasteiger partial charge is 0.110 e.